The van der Waals surface area contributed by atoms with Gasteiger partial charge in [0.15, 0.2) is 0 Å². The molecule has 3 N–H and O–H groups in total. The van der Waals surface area contributed by atoms with Crippen LogP contribution in [0.25, 0.3) is 0 Å². The van der Waals surface area contributed by atoms with Gasteiger partial charge in [-0.2, -0.15) is 0 Å². The van der Waals surface area contributed by atoms with E-state index in [0.717, 1.165) is 12.8 Å². The normalized spacial score (nSPS) is 11.9. The highest BCUT2D eigenvalue weighted by atomic mass is 16.5. The fourth-order valence-electron chi connectivity index (χ4n) is 1.53. The highest BCUT2D eigenvalue weighted by Gasteiger charge is 2.12. The van der Waals surface area contributed by atoms with Crippen LogP contribution < -0.4 is 10.6 Å². The number of ether oxygens (including phenoxy) is 2. The molecular formula is C13H26N2O5. The van der Waals surface area contributed by atoms with Crippen LogP contribution in [0.2, 0.25) is 0 Å². The molecule has 0 aliphatic carbocycles. The van der Waals surface area contributed by atoms with Gasteiger partial charge in [-0.1, -0.05) is 13.3 Å². The summed E-state index contributed by atoms with van der Waals surface area (Å²) in [6.07, 6.45) is 1.52. The average Bonchev–Trinajstić information content (AvgIpc) is 2.42. The highest BCUT2D eigenvalue weighted by molar-refractivity contribution is 5.74. The van der Waals surface area contributed by atoms with Gasteiger partial charge in [0.05, 0.1) is 13.2 Å². The first-order valence-electron chi connectivity index (χ1n) is 6.90. The number of carboxylic acids is 1. The van der Waals surface area contributed by atoms with Gasteiger partial charge in [0.25, 0.3) is 0 Å². The van der Waals surface area contributed by atoms with E-state index in [-0.39, 0.29) is 18.4 Å². The number of methoxy groups -OCH3 is 1. The van der Waals surface area contributed by atoms with E-state index in [1.165, 1.54) is 0 Å². The summed E-state index contributed by atoms with van der Waals surface area (Å²) in [4.78, 5) is 22.0. The molecule has 0 saturated carbocycles. The smallest absolute Gasteiger partial charge is 0.314 e. The van der Waals surface area contributed by atoms with Crippen LogP contribution in [0.3, 0.4) is 0 Å². The lowest BCUT2D eigenvalue weighted by Crippen LogP contribution is -2.39. The van der Waals surface area contributed by atoms with E-state index in [1.54, 1.807) is 7.11 Å². The largest absolute Gasteiger partial charge is 0.481 e. The maximum atomic E-state index is 11.5. The second-order valence-electron chi connectivity index (χ2n) is 4.47. The van der Waals surface area contributed by atoms with Crippen LogP contribution in [-0.2, 0) is 14.3 Å². The molecule has 7 nitrogen and oxygen atoms in total. The molecule has 0 radical (unpaired) electrons. The Kier molecular flexibility index (Phi) is 11.8. The van der Waals surface area contributed by atoms with Gasteiger partial charge >= 0.3 is 12.0 Å². The van der Waals surface area contributed by atoms with Crippen molar-refractivity contribution in [2.75, 3.05) is 40.0 Å². The molecule has 0 aromatic rings. The van der Waals surface area contributed by atoms with Crippen molar-refractivity contribution in [1.29, 1.82) is 0 Å². The maximum Gasteiger partial charge on any atom is 0.314 e. The van der Waals surface area contributed by atoms with E-state index in [0.29, 0.717) is 32.9 Å². The Labute approximate surface area is 120 Å². The molecule has 2 amide bonds. The zero-order valence-electron chi connectivity index (χ0n) is 12.3. The van der Waals surface area contributed by atoms with E-state index < -0.39 is 5.97 Å². The molecule has 0 aliphatic heterocycles. The summed E-state index contributed by atoms with van der Waals surface area (Å²) in [6, 6.07) is -0.272. The van der Waals surface area contributed by atoms with Crippen molar-refractivity contribution < 1.29 is 24.2 Å². The molecule has 118 valence electrons. The van der Waals surface area contributed by atoms with Crippen LogP contribution in [0.4, 0.5) is 4.79 Å². The zero-order chi connectivity index (χ0) is 15.2. The minimum atomic E-state index is -0.840. The van der Waals surface area contributed by atoms with E-state index in [9.17, 15) is 9.59 Å². The number of carbonyl (C=O) groups is 2. The lowest BCUT2D eigenvalue weighted by atomic mass is 10.0. The van der Waals surface area contributed by atoms with Crippen LogP contribution in [0.15, 0.2) is 0 Å². The Morgan fingerprint density at radius 2 is 1.95 bits per heavy atom. The van der Waals surface area contributed by atoms with Gasteiger partial charge in [0, 0.05) is 33.2 Å². The Bertz CT molecular complexity index is 273. The topological polar surface area (TPSA) is 96.9 Å². The summed E-state index contributed by atoms with van der Waals surface area (Å²) >= 11 is 0. The van der Waals surface area contributed by atoms with Gasteiger partial charge in [-0.25, -0.2) is 4.79 Å². The summed E-state index contributed by atoms with van der Waals surface area (Å²) in [7, 11) is 1.61. The summed E-state index contributed by atoms with van der Waals surface area (Å²) in [5.41, 5.74) is 0. The summed E-state index contributed by atoms with van der Waals surface area (Å²) in [6.45, 7) is 4.49. The second kappa shape index (κ2) is 12.7. The third-order valence-corrected chi connectivity index (χ3v) is 2.77. The van der Waals surface area contributed by atoms with Gasteiger partial charge in [0.1, 0.15) is 0 Å². The van der Waals surface area contributed by atoms with E-state index in [2.05, 4.69) is 10.6 Å². The number of carboxylic acid groups (broad SMARTS) is 1. The van der Waals surface area contributed by atoms with Crippen molar-refractivity contribution in [3.63, 3.8) is 0 Å². The average molecular weight is 290 g/mol. The summed E-state index contributed by atoms with van der Waals surface area (Å²) in [5, 5.41) is 14.1. The van der Waals surface area contributed by atoms with E-state index in [4.69, 9.17) is 14.6 Å². The molecule has 7 heteroatoms. The van der Waals surface area contributed by atoms with Crippen molar-refractivity contribution in [2.45, 2.75) is 26.2 Å². The van der Waals surface area contributed by atoms with E-state index in [1.807, 2.05) is 6.92 Å². The Hall–Kier alpha value is -1.34. The first-order chi connectivity index (χ1) is 9.60. The van der Waals surface area contributed by atoms with Gasteiger partial charge < -0.3 is 25.2 Å². The molecule has 20 heavy (non-hydrogen) atoms. The second-order valence-corrected chi connectivity index (χ2v) is 4.47. The van der Waals surface area contributed by atoms with Crippen LogP contribution in [-0.4, -0.2) is 57.1 Å². The molecule has 0 rings (SSSR count). The Morgan fingerprint density at radius 3 is 2.55 bits per heavy atom. The molecule has 0 saturated heterocycles. The zero-order valence-corrected chi connectivity index (χ0v) is 12.3. The SMILES string of the molecule is CCC(CNC(=O)NCCCOCCOC)CC(=O)O. The molecule has 1 atom stereocenters. The van der Waals surface area contributed by atoms with Gasteiger partial charge in [-0.15, -0.1) is 0 Å². The number of hydrogen-bond donors (Lipinski definition) is 3. The third-order valence-electron chi connectivity index (χ3n) is 2.77. The van der Waals surface area contributed by atoms with Crippen LogP contribution >= 0.6 is 0 Å². The highest BCUT2D eigenvalue weighted by Crippen LogP contribution is 2.06. The number of urea groups is 1. The predicted molar refractivity (Wildman–Crippen MR) is 74.7 cm³/mol. The Balaban J connectivity index is 3.50. The number of carbonyl (C=O) groups excluding carboxylic acids is 1. The van der Waals surface area contributed by atoms with Crippen LogP contribution in [0, 0.1) is 5.92 Å². The van der Waals surface area contributed by atoms with Gasteiger partial charge in [-0.3, -0.25) is 4.79 Å². The molecule has 0 heterocycles. The molecule has 0 aliphatic rings. The quantitative estimate of drug-likeness (QED) is 0.463. The summed E-state index contributed by atoms with van der Waals surface area (Å²) < 4.78 is 10.1. The van der Waals surface area contributed by atoms with Crippen molar-refractivity contribution in [2.24, 2.45) is 5.92 Å². The molecule has 0 aromatic heterocycles. The minimum Gasteiger partial charge on any atom is -0.481 e. The number of aliphatic carboxylic acids is 1. The molecule has 0 bridgehead atoms. The molecular weight excluding hydrogens is 264 g/mol. The third kappa shape index (κ3) is 11.7. The lowest BCUT2D eigenvalue weighted by molar-refractivity contribution is -0.138. The number of amides is 2. The van der Waals surface area contributed by atoms with Crippen molar-refractivity contribution >= 4 is 12.0 Å². The number of nitrogens with one attached hydrogen (secondary N) is 2. The van der Waals surface area contributed by atoms with E-state index >= 15 is 0 Å². The van der Waals surface area contributed by atoms with Gasteiger partial charge in [0.2, 0.25) is 0 Å². The van der Waals surface area contributed by atoms with Crippen LogP contribution in [0.5, 0.6) is 0 Å². The Morgan fingerprint density at radius 1 is 1.20 bits per heavy atom. The van der Waals surface area contributed by atoms with Crippen molar-refractivity contribution in [3.05, 3.63) is 0 Å². The molecule has 1 unspecified atom stereocenters. The fourth-order valence-corrected chi connectivity index (χ4v) is 1.53. The summed E-state index contributed by atoms with van der Waals surface area (Å²) in [5.74, 6) is -0.872. The predicted octanol–water partition coefficient (Wildman–Crippen LogP) is 0.840. The lowest BCUT2D eigenvalue weighted by Gasteiger charge is -2.14. The first kappa shape index (κ1) is 18.7. The standard InChI is InChI=1S/C13H26N2O5/c1-3-11(9-12(16)17)10-15-13(18)14-5-4-6-20-8-7-19-2/h11H,3-10H2,1-2H3,(H,16,17)(H2,14,15,18). The number of rotatable bonds is 12. The van der Waals surface area contributed by atoms with Crippen LogP contribution in [0.1, 0.15) is 26.2 Å². The monoisotopic (exact) mass is 290 g/mol. The van der Waals surface area contributed by atoms with Crippen molar-refractivity contribution in [3.8, 4) is 0 Å². The molecule has 0 fully saturated rings. The molecule has 0 spiro atoms. The molecule has 0 aromatic carbocycles. The first-order valence-corrected chi connectivity index (χ1v) is 6.90. The fraction of sp³-hybridized carbons (Fsp3) is 0.846. The number of hydrogen-bond acceptors (Lipinski definition) is 4. The van der Waals surface area contributed by atoms with Gasteiger partial charge in [-0.05, 0) is 12.3 Å². The van der Waals surface area contributed by atoms with Crippen molar-refractivity contribution in [1.82, 2.24) is 10.6 Å². The minimum absolute atomic E-state index is 0.0318. The maximum absolute atomic E-state index is 11.5.